The van der Waals surface area contributed by atoms with Crippen LogP contribution >= 0.6 is 0 Å². The van der Waals surface area contributed by atoms with E-state index in [0.717, 1.165) is 0 Å². The average Bonchev–Trinajstić information content (AvgIpc) is 2.71. The minimum atomic E-state index is -0.644. The van der Waals surface area contributed by atoms with E-state index in [1.165, 1.54) is 12.1 Å². The molecule has 162 valence electrons. The van der Waals surface area contributed by atoms with Gasteiger partial charge in [0, 0.05) is 11.8 Å². The first-order valence-electron chi connectivity index (χ1n) is 9.80. The predicted molar refractivity (Wildman–Crippen MR) is 115 cm³/mol. The third-order valence-electron chi connectivity index (χ3n) is 4.39. The molecule has 2 amide bonds. The summed E-state index contributed by atoms with van der Waals surface area (Å²) in [5.41, 5.74) is 0.661. The molecule has 0 radical (unpaired) electrons. The fourth-order valence-electron chi connectivity index (χ4n) is 2.69. The number of carbonyl (C=O) groups is 2. The van der Waals surface area contributed by atoms with E-state index in [1.807, 2.05) is 13.8 Å². The molecule has 2 aromatic rings. The lowest BCUT2D eigenvalue weighted by molar-refractivity contribution is -0.122. The first-order chi connectivity index (χ1) is 14.3. The van der Waals surface area contributed by atoms with Crippen molar-refractivity contribution in [3.05, 3.63) is 48.3 Å². The Morgan fingerprint density at radius 3 is 2.37 bits per heavy atom. The molecule has 0 aliphatic rings. The topological polar surface area (TPSA) is 79.9 Å². The first kappa shape index (κ1) is 23.2. The number of hydrogen-bond donors (Lipinski definition) is 2. The molecule has 30 heavy (non-hydrogen) atoms. The van der Waals surface area contributed by atoms with Gasteiger partial charge in [-0.2, -0.15) is 0 Å². The standard InChI is InChI=1S/C22H28FN3O4/c1-5-29-19-12-11-16(13-20(19)30-6-2)24-21(27)14-26(4)15(3)22(28)25-18-10-8-7-9-17(18)23/h7-13,15H,5-6,14H2,1-4H3,(H,24,27)(H,25,28)/t15-/m0/s1. The van der Waals surface area contributed by atoms with Gasteiger partial charge in [0.1, 0.15) is 5.82 Å². The van der Waals surface area contributed by atoms with Gasteiger partial charge in [-0.25, -0.2) is 4.39 Å². The molecule has 2 rings (SSSR count). The van der Waals surface area contributed by atoms with Crippen LogP contribution in [0.25, 0.3) is 0 Å². The summed E-state index contributed by atoms with van der Waals surface area (Å²) in [6, 6.07) is 10.4. The van der Waals surface area contributed by atoms with Gasteiger partial charge in [0.25, 0.3) is 0 Å². The molecule has 1 atom stereocenters. The van der Waals surface area contributed by atoms with E-state index in [2.05, 4.69) is 10.6 Å². The van der Waals surface area contributed by atoms with Gasteiger partial charge in [0.2, 0.25) is 11.8 Å². The molecule has 2 aromatic carbocycles. The Labute approximate surface area is 176 Å². The average molecular weight is 417 g/mol. The molecule has 0 unspecified atom stereocenters. The lowest BCUT2D eigenvalue weighted by Crippen LogP contribution is -2.43. The maximum atomic E-state index is 13.7. The number of benzene rings is 2. The molecule has 0 aromatic heterocycles. The maximum Gasteiger partial charge on any atom is 0.241 e. The highest BCUT2D eigenvalue weighted by Gasteiger charge is 2.21. The summed E-state index contributed by atoms with van der Waals surface area (Å²) in [6.45, 7) is 6.34. The van der Waals surface area contributed by atoms with Crippen molar-refractivity contribution in [2.45, 2.75) is 26.8 Å². The highest BCUT2D eigenvalue weighted by atomic mass is 19.1. The fourth-order valence-corrected chi connectivity index (χ4v) is 2.69. The number of nitrogens with zero attached hydrogens (tertiary/aromatic N) is 1. The van der Waals surface area contributed by atoms with E-state index in [4.69, 9.17) is 9.47 Å². The number of carbonyl (C=O) groups excluding carboxylic acids is 2. The monoisotopic (exact) mass is 417 g/mol. The van der Waals surface area contributed by atoms with Crippen molar-refractivity contribution < 1.29 is 23.5 Å². The molecule has 0 heterocycles. The van der Waals surface area contributed by atoms with Crippen molar-refractivity contribution in [2.75, 3.05) is 37.4 Å². The Kier molecular flexibility index (Phi) is 8.61. The van der Waals surface area contributed by atoms with Crippen molar-refractivity contribution in [3.8, 4) is 11.5 Å². The largest absolute Gasteiger partial charge is 0.490 e. The Balaban J connectivity index is 1.95. The molecule has 7 nitrogen and oxygen atoms in total. The Morgan fingerprint density at radius 1 is 1.03 bits per heavy atom. The van der Waals surface area contributed by atoms with Gasteiger partial charge >= 0.3 is 0 Å². The Morgan fingerprint density at radius 2 is 1.70 bits per heavy atom. The van der Waals surface area contributed by atoms with E-state index in [9.17, 15) is 14.0 Å². The number of anilines is 2. The van der Waals surface area contributed by atoms with Crippen LogP contribution in [-0.2, 0) is 9.59 Å². The molecule has 0 aliphatic heterocycles. The summed E-state index contributed by atoms with van der Waals surface area (Å²) in [7, 11) is 1.65. The van der Waals surface area contributed by atoms with Gasteiger partial charge in [-0.05, 0) is 52.1 Å². The highest BCUT2D eigenvalue weighted by molar-refractivity contribution is 5.96. The normalized spacial score (nSPS) is 11.7. The van der Waals surface area contributed by atoms with Crippen LogP contribution in [0.3, 0.4) is 0 Å². The van der Waals surface area contributed by atoms with Crippen LogP contribution < -0.4 is 20.1 Å². The van der Waals surface area contributed by atoms with E-state index in [-0.39, 0.29) is 18.1 Å². The third-order valence-corrected chi connectivity index (χ3v) is 4.39. The van der Waals surface area contributed by atoms with Gasteiger partial charge in [0.15, 0.2) is 11.5 Å². The van der Waals surface area contributed by atoms with Crippen LogP contribution in [0.5, 0.6) is 11.5 Å². The smallest absolute Gasteiger partial charge is 0.241 e. The van der Waals surface area contributed by atoms with Crippen molar-refractivity contribution in [1.82, 2.24) is 4.90 Å². The predicted octanol–water partition coefficient (Wildman–Crippen LogP) is 3.52. The van der Waals surface area contributed by atoms with E-state index in [0.29, 0.717) is 30.4 Å². The Hall–Kier alpha value is -3.13. The SMILES string of the molecule is CCOc1ccc(NC(=O)CN(C)[C@@H](C)C(=O)Nc2ccccc2F)cc1OCC. The number of ether oxygens (including phenoxy) is 2. The number of hydrogen-bond acceptors (Lipinski definition) is 5. The number of halogens is 1. The fraction of sp³-hybridized carbons (Fsp3) is 0.364. The van der Waals surface area contributed by atoms with Crippen molar-refractivity contribution in [1.29, 1.82) is 0 Å². The van der Waals surface area contributed by atoms with E-state index >= 15 is 0 Å². The molecule has 2 N–H and O–H groups in total. The zero-order chi connectivity index (χ0) is 22.1. The van der Waals surface area contributed by atoms with Crippen LogP contribution in [0, 0.1) is 5.82 Å². The van der Waals surface area contributed by atoms with Crippen LogP contribution in [0.1, 0.15) is 20.8 Å². The van der Waals surface area contributed by atoms with Gasteiger partial charge in [-0.15, -0.1) is 0 Å². The summed E-state index contributed by atoms with van der Waals surface area (Å²) < 4.78 is 24.8. The quantitative estimate of drug-likeness (QED) is 0.618. The minimum Gasteiger partial charge on any atom is -0.490 e. The second-order valence-corrected chi connectivity index (χ2v) is 6.64. The van der Waals surface area contributed by atoms with Crippen molar-refractivity contribution in [3.63, 3.8) is 0 Å². The van der Waals surface area contributed by atoms with Gasteiger partial charge in [-0.1, -0.05) is 12.1 Å². The summed E-state index contributed by atoms with van der Waals surface area (Å²) in [5.74, 6) is -0.0696. The van der Waals surface area contributed by atoms with Crippen molar-refractivity contribution in [2.24, 2.45) is 0 Å². The van der Waals surface area contributed by atoms with Gasteiger partial charge in [-0.3, -0.25) is 14.5 Å². The molecule has 0 aliphatic carbocycles. The zero-order valence-electron chi connectivity index (χ0n) is 17.7. The molecule has 0 bridgehead atoms. The van der Waals surface area contributed by atoms with Crippen LogP contribution in [-0.4, -0.2) is 49.6 Å². The number of amides is 2. The number of nitrogens with one attached hydrogen (secondary N) is 2. The first-order valence-corrected chi connectivity index (χ1v) is 9.80. The third kappa shape index (κ3) is 6.45. The molecule has 0 spiro atoms. The van der Waals surface area contributed by atoms with Crippen LogP contribution in [0.4, 0.5) is 15.8 Å². The highest BCUT2D eigenvalue weighted by Crippen LogP contribution is 2.30. The lowest BCUT2D eigenvalue weighted by atomic mass is 10.2. The second-order valence-electron chi connectivity index (χ2n) is 6.64. The molecular formula is C22H28FN3O4. The molecular weight excluding hydrogens is 389 g/mol. The van der Waals surface area contributed by atoms with E-state index < -0.39 is 17.8 Å². The molecule has 0 saturated carbocycles. The number of para-hydroxylation sites is 1. The maximum absolute atomic E-state index is 13.7. The van der Waals surface area contributed by atoms with Crippen molar-refractivity contribution >= 4 is 23.2 Å². The summed E-state index contributed by atoms with van der Waals surface area (Å²) in [4.78, 5) is 26.4. The minimum absolute atomic E-state index is 0.0248. The van der Waals surface area contributed by atoms with Crippen LogP contribution in [0.2, 0.25) is 0 Å². The summed E-state index contributed by atoms with van der Waals surface area (Å²) in [5, 5.41) is 5.32. The Bertz CT molecular complexity index is 875. The van der Waals surface area contributed by atoms with Gasteiger partial charge < -0.3 is 20.1 Å². The molecule has 8 heteroatoms. The van der Waals surface area contributed by atoms with E-state index in [1.54, 1.807) is 49.2 Å². The summed E-state index contributed by atoms with van der Waals surface area (Å²) >= 11 is 0. The second kappa shape index (κ2) is 11.2. The molecule has 0 saturated heterocycles. The lowest BCUT2D eigenvalue weighted by Gasteiger charge is -2.23. The number of rotatable bonds is 10. The zero-order valence-corrected chi connectivity index (χ0v) is 17.7. The van der Waals surface area contributed by atoms with Crippen LogP contribution in [0.15, 0.2) is 42.5 Å². The molecule has 0 fully saturated rings. The number of likely N-dealkylation sites (N-methyl/N-ethyl adjacent to an activating group) is 1. The van der Waals surface area contributed by atoms with Gasteiger partial charge in [0.05, 0.1) is 31.5 Å². The summed E-state index contributed by atoms with van der Waals surface area (Å²) in [6.07, 6.45) is 0.